The molecule has 6 heteroatoms. The van der Waals surface area contributed by atoms with Gasteiger partial charge in [-0.25, -0.2) is 0 Å². The van der Waals surface area contributed by atoms with Crippen LogP contribution in [0.2, 0.25) is 0 Å². The first-order valence-electron chi connectivity index (χ1n) is 4.08. The molecule has 1 aliphatic rings. The number of nitrogens with zero attached hydrogens (tertiary/aromatic N) is 1. The molecule has 0 atom stereocenters. The molecule has 3 nitrogen and oxygen atoms in total. The fraction of sp³-hybridized carbons (Fsp3) is 0.375. The van der Waals surface area contributed by atoms with Crippen LogP contribution in [0.1, 0.15) is 16.8 Å². The van der Waals surface area contributed by atoms with Crippen molar-refractivity contribution in [3.8, 4) is 0 Å². The summed E-state index contributed by atoms with van der Waals surface area (Å²) in [4.78, 5) is 3.76. The molecule has 0 saturated heterocycles. The third kappa shape index (κ3) is 1.71. The Morgan fingerprint density at radius 3 is 2.64 bits per heavy atom. The first-order valence-corrected chi connectivity index (χ1v) is 4.08. The van der Waals surface area contributed by atoms with Crippen molar-refractivity contribution in [1.82, 2.24) is 15.8 Å². The number of alkyl halides is 3. The number of nitrogens with one attached hydrogen (secondary N) is 2. The van der Waals surface area contributed by atoms with Crippen LogP contribution in [-0.4, -0.2) is 4.98 Å². The maximum Gasteiger partial charge on any atom is 0.417 e. The average Bonchev–Trinajstić information content (AvgIpc) is 2.16. The van der Waals surface area contributed by atoms with Crippen molar-refractivity contribution < 1.29 is 13.2 Å². The van der Waals surface area contributed by atoms with Crippen LogP contribution in [0.25, 0.3) is 0 Å². The summed E-state index contributed by atoms with van der Waals surface area (Å²) in [5.74, 6) is 0. The molecule has 1 aromatic heterocycles. The van der Waals surface area contributed by atoms with Crippen molar-refractivity contribution in [2.75, 3.05) is 0 Å². The van der Waals surface area contributed by atoms with E-state index in [9.17, 15) is 13.2 Å². The van der Waals surface area contributed by atoms with Crippen LogP contribution < -0.4 is 10.9 Å². The van der Waals surface area contributed by atoms with E-state index in [1.54, 1.807) is 0 Å². The summed E-state index contributed by atoms with van der Waals surface area (Å²) in [5, 5.41) is 0. The zero-order chi connectivity index (χ0) is 10.2. The van der Waals surface area contributed by atoms with E-state index in [-0.39, 0.29) is 0 Å². The number of rotatable bonds is 0. The van der Waals surface area contributed by atoms with E-state index < -0.39 is 11.7 Å². The Bertz CT molecular complexity index is 348. The molecule has 0 unspecified atom stereocenters. The van der Waals surface area contributed by atoms with Gasteiger partial charge in [0.05, 0.1) is 17.8 Å². The smallest absolute Gasteiger partial charge is 0.259 e. The lowest BCUT2D eigenvalue weighted by Crippen LogP contribution is -2.36. The lowest BCUT2D eigenvalue weighted by atomic mass is 10.1. The Kier molecular flexibility index (Phi) is 2.16. The van der Waals surface area contributed by atoms with E-state index in [2.05, 4.69) is 15.8 Å². The Morgan fingerprint density at radius 2 is 1.93 bits per heavy atom. The van der Waals surface area contributed by atoms with Gasteiger partial charge in [0.2, 0.25) is 0 Å². The number of aromatic nitrogens is 1. The molecule has 0 aliphatic carbocycles. The Hall–Kier alpha value is -1.14. The lowest BCUT2D eigenvalue weighted by molar-refractivity contribution is -0.137. The van der Waals surface area contributed by atoms with E-state index in [0.29, 0.717) is 24.3 Å². The molecule has 0 saturated carbocycles. The Morgan fingerprint density at radius 1 is 1.21 bits per heavy atom. The fourth-order valence-corrected chi connectivity index (χ4v) is 1.31. The maximum absolute atomic E-state index is 12.3. The largest absolute Gasteiger partial charge is 0.417 e. The van der Waals surface area contributed by atoms with Gasteiger partial charge in [-0.3, -0.25) is 15.8 Å². The second kappa shape index (κ2) is 3.21. The van der Waals surface area contributed by atoms with Crippen LogP contribution in [0.15, 0.2) is 12.3 Å². The molecule has 0 radical (unpaired) electrons. The molecule has 0 fully saturated rings. The number of pyridine rings is 1. The van der Waals surface area contributed by atoms with Gasteiger partial charge in [0.15, 0.2) is 0 Å². The topological polar surface area (TPSA) is 37.0 Å². The van der Waals surface area contributed by atoms with E-state index in [1.165, 1.54) is 0 Å². The minimum Gasteiger partial charge on any atom is -0.259 e. The van der Waals surface area contributed by atoms with Gasteiger partial charge in [0, 0.05) is 12.7 Å². The van der Waals surface area contributed by atoms with Crippen LogP contribution in [0, 0.1) is 0 Å². The number of hydrogen-bond donors (Lipinski definition) is 2. The number of hydrazine groups is 1. The van der Waals surface area contributed by atoms with Crippen molar-refractivity contribution in [1.29, 1.82) is 0 Å². The third-order valence-corrected chi connectivity index (χ3v) is 2.05. The summed E-state index contributed by atoms with van der Waals surface area (Å²) in [5.41, 5.74) is 6.13. The van der Waals surface area contributed by atoms with Crippen LogP contribution in [0.4, 0.5) is 13.2 Å². The minimum atomic E-state index is -4.31. The van der Waals surface area contributed by atoms with Crippen molar-refractivity contribution in [3.63, 3.8) is 0 Å². The molecular formula is C8H8F3N3. The molecule has 2 rings (SSSR count). The average molecular weight is 203 g/mol. The molecule has 14 heavy (non-hydrogen) atoms. The highest BCUT2D eigenvalue weighted by Gasteiger charge is 2.31. The summed E-state index contributed by atoms with van der Waals surface area (Å²) in [6.45, 7) is 0.819. The van der Waals surface area contributed by atoms with E-state index in [4.69, 9.17) is 0 Å². The summed E-state index contributed by atoms with van der Waals surface area (Å²) < 4.78 is 36.8. The van der Waals surface area contributed by atoms with Gasteiger partial charge >= 0.3 is 6.18 Å². The Labute approximate surface area is 78.3 Å². The highest BCUT2D eigenvalue weighted by atomic mass is 19.4. The predicted octanol–water partition coefficient (Wildman–Crippen LogP) is 1.21. The van der Waals surface area contributed by atoms with Crippen LogP contribution in [-0.2, 0) is 19.3 Å². The SMILES string of the molecule is FC(F)(F)c1cnc2c(c1)CNNC2. The molecule has 0 amide bonds. The molecule has 2 N–H and O–H groups in total. The summed E-state index contributed by atoms with van der Waals surface area (Å²) >= 11 is 0. The second-order valence-corrected chi connectivity index (χ2v) is 3.03. The summed E-state index contributed by atoms with van der Waals surface area (Å²) in [6, 6.07) is 1.14. The van der Waals surface area contributed by atoms with E-state index in [1.807, 2.05) is 0 Å². The first kappa shape index (κ1) is 9.42. The van der Waals surface area contributed by atoms with Crippen molar-refractivity contribution in [2.24, 2.45) is 0 Å². The standard InChI is InChI=1S/C8H8F3N3/c9-8(10,11)6-1-5-2-13-14-4-7(5)12-3-6/h1,3,13-14H,2,4H2. The third-order valence-electron chi connectivity index (χ3n) is 2.05. The van der Waals surface area contributed by atoms with Crippen molar-refractivity contribution in [2.45, 2.75) is 19.3 Å². The molecule has 1 aliphatic heterocycles. The molecule has 76 valence electrons. The quantitative estimate of drug-likeness (QED) is 0.665. The van der Waals surface area contributed by atoms with Gasteiger partial charge in [-0.05, 0) is 11.6 Å². The molecule has 2 heterocycles. The van der Waals surface area contributed by atoms with Gasteiger partial charge in [0.25, 0.3) is 0 Å². The second-order valence-electron chi connectivity index (χ2n) is 3.03. The molecule has 1 aromatic rings. The molecule has 0 bridgehead atoms. The Balaban J connectivity index is 2.39. The zero-order valence-electron chi connectivity index (χ0n) is 7.15. The number of halogens is 3. The number of hydrogen-bond acceptors (Lipinski definition) is 3. The van der Waals surface area contributed by atoms with Crippen LogP contribution >= 0.6 is 0 Å². The van der Waals surface area contributed by atoms with Crippen molar-refractivity contribution >= 4 is 0 Å². The monoisotopic (exact) mass is 203 g/mol. The van der Waals surface area contributed by atoms with Gasteiger partial charge in [0.1, 0.15) is 0 Å². The molecule has 0 spiro atoms. The van der Waals surface area contributed by atoms with Crippen LogP contribution in [0.3, 0.4) is 0 Å². The van der Waals surface area contributed by atoms with Gasteiger partial charge in [-0.1, -0.05) is 0 Å². The summed E-state index contributed by atoms with van der Waals surface area (Å²) in [7, 11) is 0. The lowest BCUT2D eigenvalue weighted by Gasteiger charge is -2.18. The minimum absolute atomic E-state index is 0.367. The van der Waals surface area contributed by atoms with E-state index in [0.717, 1.165) is 12.3 Å². The van der Waals surface area contributed by atoms with Crippen molar-refractivity contribution in [3.05, 3.63) is 29.1 Å². The normalized spacial score (nSPS) is 16.5. The highest BCUT2D eigenvalue weighted by molar-refractivity contribution is 5.28. The maximum atomic E-state index is 12.3. The molecular weight excluding hydrogens is 195 g/mol. The van der Waals surface area contributed by atoms with Crippen LogP contribution in [0.5, 0.6) is 0 Å². The van der Waals surface area contributed by atoms with Gasteiger partial charge in [-0.15, -0.1) is 0 Å². The van der Waals surface area contributed by atoms with Gasteiger partial charge in [-0.2, -0.15) is 13.2 Å². The van der Waals surface area contributed by atoms with Gasteiger partial charge < -0.3 is 0 Å². The number of fused-ring (bicyclic) bond motifs is 1. The molecule has 0 aromatic carbocycles. The predicted molar refractivity (Wildman–Crippen MR) is 42.9 cm³/mol. The van der Waals surface area contributed by atoms with E-state index >= 15 is 0 Å². The zero-order valence-corrected chi connectivity index (χ0v) is 7.15. The fourth-order valence-electron chi connectivity index (χ4n) is 1.31. The first-order chi connectivity index (χ1) is 6.57. The summed E-state index contributed by atoms with van der Waals surface area (Å²) in [6.07, 6.45) is -3.45. The highest BCUT2D eigenvalue weighted by Crippen LogP contribution is 2.29.